The summed E-state index contributed by atoms with van der Waals surface area (Å²) in [4.78, 5) is 22.9. The number of carbonyl (C=O) groups is 1. The molecule has 0 unspecified atom stereocenters. The maximum atomic E-state index is 12.5. The Labute approximate surface area is 193 Å². The summed E-state index contributed by atoms with van der Waals surface area (Å²) in [7, 11) is 1.39. The molecule has 0 heterocycles. The summed E-state index contributed by atoms with van der Waals surface area (Å²) in [5.74, 6) is -0.566. The Morgan fingerprint density at radius 2 is 1.78 bits per heavy atom. The predicted molar refractivity (Wildman–Crippen MR) is 121 cm³/mol. The molecule has 0 saturated heterocycles. The number of nitro groups is 1. The number of allylic oxidation sites excluding steroid dienone is 1. The van der Waals surface area contributed by atoms with Crippen molar-refractivity contribution in [2.45, 2.75) is 0 Å². The van der Waals surface area contributed by atoms with Crippen molar-refractivity contribution < 1.29 is 19.2 Å². The van der Waals surface area contributed by atoms with Crippen LogP contribution in [0.5, 0.6) is 11.5 Å². The number of carbonyl (C=O) groups excluding carboxylic acids is 1. The number of halogens is 2. The van der Waals surface area contributed by atoms with E-state index in [4.69, 9.17) is 32.7 Å². The molecule has 0 amide bonds. The lowest BCUT2D eigenvalue weighted by Crippen LogP contribution is -2.10. The molecule has 0 aliphatic rings. The third-order valence-electron chi connectivity index (χ3n) is 4.36. The van der Waals surface area contributed by atoms with Crippen LogP contribution in [0.2, 0.25) is 10.0 Å². The molecule has 0 radical (unpaired) electrons. The highest BCUT2D eigenvalue weighted by atomic mass is 35.5. The minimum Gasteiger partial charge on any atom is -0.493 e. The second kappa shape index (κ2) is 9.96. The minimum atomic E-state index is -0.876. The van der Waals surface area contributed by atoms with Crippen molar-refractivity contribution >= 4 is 46.5 Å². The second-order valence-electron chi connectivity index (χ2n) is 6.40. The van der Waals surface area contributed by atoms with Crippen LogP contribution in [0.25, 0.3) is 11.6 Å². The number of benzene rings is 3. The first-order valence-electron chi connectivity index (χ1n) is 9.04. The van der Waals surface area contributed by atoms with Gasteiger partial charge in [-0.3, -0.25) is 10.1 Å². The highest BCUT2D eigenvalue weighted by molar-refractivity contribution is 6.33. The van der Waals surface area contributed by atoms with E-state index in [-0.39, 0.29) is 27.8 Å². The van der Waals surface area contributed by atoms with E-state index >= 15 is 0 Å². The van der Waals surface area contributed by atoms with Gasteiger partial charge in [0.05, 0.1) is 34.3 Å². The van der Waals surface area contributed by atoms with Crippen molar-refractivity contribution in [1.82, 2.24) is 0 Å². The van der Waals surface area contributed by atoms with Gasteiger partial charge in [0.25, 0.3) is 5.69 Å². The Kier molecular flexibility index (Phi) is 7.11. The lowest BCUT2D eigenvalue weighted by atomic mass is 10.0. The van der Waals surface area contributed by atoms with Crippen molar-refractivity contribution in [1.29, 1.82) is 5.26 Å². The van der Waals surface area contributed by atoms with Crippen molar-refractivity contribution in [3.8, 4) is 17.6 Å². The molecule has 0 spiro atoms. The summed E-state index contributed by atoms with van der Waals surface area (Å²) >= 11 is 11.9. The van der Waals surface area contributed by atoms with Crippen molar-refractivity contribution in [2.75, 3.05) is 7.11 Å². The van der Waals surface area contributed by atoms with Crippen LogP contribution in [0, 0.1) is 21.4 Å². The Morgan fingerprint density at radius 1 is 1.06 bits per heavy atom. The Morgan fingerprint density at radius 3 is 2.41 bits per heavy atom. The average molecular weight is 469 g/mol. The molecule has 3 aromatic carbocycles. The molecule has 9 heteroatoms. The minimum absolute atomic E-state index is 0.0146. The quantitative estimate of drug-likeness (QED) is 0.106. The van der Waals surface area contributed by atoms with Gasteiger partial charge in [-0.2, -0.15) is 5.26 Å². The predicted octanol–water partition coefficient (Wildman–Crippen LogP) is 6.19. The van der Waals surface area contributed by atoms with Crippen LogP contribution in [0.1, 0.15) is 21.5 Å². The SMILES string of the molecule is COc1cc(/C=C(\C#N)c2ccc(Cl)cc2)ccc1OC(=O)c1cc([N+](=O)[O-])ccc1Cl. The molecule has 0 saturated carbocycles. The summed E-state index contributed by atoms with van der Waals surface area (Å²) in [5, 5.41) is 21.1. The number of nitro benzene ring substituents is 1. The molecule has 160 valence electrons. The third-order valence-corrected chi connectivity index (χ3v) is 4.94. The fourth-order valence-corrected chi connectivity index (χ4v) is 3.09. The van der Waals surface area contributed by atoms with Gasteiger partial charge in [-0.15, -0.1) is 0 Å². The summed E-state index contributed by atoms with van der Waals surface area (Å²) in [6, 6.07) is 17.2. The lowest BCUT2D eigenvalue weighted by molar-refractivity contribution is -0.384. The van der Waals surface area contributed by atoms with Crippen LogP contribution in [0.3, 0.4) is 0 Å². The Hall–Kier alpha value is -3.86. The first kappa shape index (κ1) is 22.8. The summed E-state index contributed by atoms with van der Waals surface area (Å²) < 4.78 is 10.7. The topological polar surface area (TPSA) is 102 Å². The zero-order valence-corrected chi connectivity index (χ0v) is 18.1. The summed E-state index contributed by atoms with van der Waals surface area (Å²) in [6.45, 7) is 0. The van der Waals surface area contributed by atoms with Crippen LogP contribution in [-0.4, -0.2) is 18.0 Å². The number of nitrogens with zero attached hydrogens (tertiary/aromatic N) is 2. The molecule has 0 aliphatic carbocycles. The van der Waals surface area contributed by atoms with Crippen molar-refractivity contribution in [3.05, 3.63) is 97.5 Å². The molecule has 0 aliphatic heterocycles. The smallest absolute Gasteiger partial charge is 0.345 e. The van der Waals surface area contributed by atoms with E-state index in [9.17, 15) is 20.2 Å². The van der Waals surface area contributed by atoms with Crippen molar-refractivity contribution in [2.24, 2.45) is 0 Å². The highest BCUT2D eigenvalue weighted by Crippen LogP contribution is 2.32. The lowest BCUT2D eigenvalue weighted by Gasteiger charge is -2.11. The number of methoxy groups -OCH3 is 1. The number of non-ortho nitro benzene ring substituents is 1. The molecule has 0 aromatic heterocycles. The van der Waals surface area contributed by atoms with E-state index in [1.165, 1.54) is 25.3 Å². The first-order chi connectivity index (χ1) is 15.3. The molecule has 7 nitrogen and oxygen atoms in total. The molecule has 3 rings (SSSR count). The molecular formula is C23H14Cl2N2O5. The van der Waals surface area contributed by atoms with Gasteiger partial charge in [0, 0.05) is 17.2 Å². The number of nitriles is 1. The van der Waals surface area contributed by atoms with Gasteiger partial charge in [0.1, 0.15) is 0 Å². The molecule has 0 fully saturated rings. The van der Waals surface area contributed by atoms with Crippen LogP contribution < -0.4 is 9.47 Å². The van der Waals surface area contributed by atoms with Gasteiger partial charge < -0.3 is 9.47 Å². The number of rotatable bonds is 6. The molecule has 0 N–H and O–H groups in total. The van der Waals surface area contributed by atoms with Crippen molar-refractivity contribution in [3.63, 3.8) is 0 Å². The zero-order valence-electron chi connectivity index (χ0n) is 16.5. The normalized spacial score (nSPS) is 10.9. The largest absolute Gasteiger partial charge is 0.493 e. The number of ether oxygens (including phenoxy) is 2. The standard InChI is InChI=1S/C23H14Cl2N2O5/c1-31-22-11-14(10-16(13-26)15-3-5-17(24)6-4-15)2-9-21(22)32-23(28)19-12-18(27(29)30)7-8-20(19)25/h2-12H,1H3/b16-10+. The number of esters is 1. The van der Waals surface area contributed by atoms with Gasteiger partial charge in [-0.1, -0.05) is 41.4 Å². The van der Waals surface area contributed by atoms with Gasteiger partial charge >= 0.3 is 5.97 Å². The van der Waals surface area contributed by atoms with E-state index in [2.05, 4.69) is 6.07 Å². The maximum absolute atomic E-state index is 12.5. The summed E-state index contributed by atoms with van der Waals surface area (Å²) in [6.07, 6.45) is 1.65. The zero-order chi connectivity index (χ0) is 23.3. The summed E-state index contributed by atoms with van der Waals surface area (Å²) in [5.41, 5.74) is 1.27. The van der Waals surface area contributed by atoms with E-state index in [1.54, 1.807) is 42.5 Å². The van der Waals surface area contributed by atoms with Gasteiger partial charge in [0.15, 0.2) is 11.5 Å². The fraction of sp³-hybridized carbons (Fsp3) is 0.0435. The van der Waals surface area contributed by atoms with E-state index in [0.717, 1.165) is 6.07 Å². The van der Waals surface area contributed by atoms with Crippen LogP contribution in [0.4, 0.5) is 5.69 Å². The maximum Gasteiger partial charge on any atom is 0.345 e. The van der Waals surface area contributed by atoms with Gasteiger partial charge in [0.2, 0.25) is 0 Å². The molecule has 0 bridgehead atoms. The fourth-order valence-electron chi connectivity index (χ4n) is 2.77. The second-order valence-corrected chi connectivity index (χ2v) is 7.24. The molecule has 3 aromatic rings. The van der Waals surface area contributed by atoms with E-state index in [0.29, 0.717) is 21.7 Å². The van der Waals surface area contributed by atoms with Crippen LogP contribution in [-0.2, 0) is 0 Å². The van der Waals surface area contributed by atoms with Gasteiger partial charge in [-0.05, 0) is 47.5 Å². The molecule has 32 heavy (non-hydrogen) atoms. The first-order valence-corrected chi connectivity index (χ1v) is 9.80. The molecule has 0 atom stereocenters. The van der Waals surface area contributed by atoms with Crippen LogP contribution >= 0.6 is 23.2 Å². The Bertz CT molecular complexity index is 1260. The Balaban J connectivity index is 1.90. The number of hydrogen-bond acceptors (Lipinski definition) is 6. The van der Waals surface area contributed by atoms with Gasteiger partial charge in [-0.25, -0.2) is 4.79 Å². The monoisotopic (exact) mass is 468 g/mol. The van der Waals surface area contributed by atoms with Crippen LogP contribution in [0.15, 0.2) is 60.7 Å². The van der Waals surface area contributed by atoms with E-state index in [1.807, 2.05) is 0 Å². The highest BCUT2D eigenvalue weighted by Gasteiger charge is 2.19. The third kappa shape index (κ3) is 5.24. The van der Waals surface area contributed by atoms with E-state index < -0.39 is 10.9 Å². The average Bonchev–Trinajstić information content (AvgIpc) is 2.79. The number of hydrogen-bond donors (Lipinski definition) is 0. The molecular weight excluding hydrogens is 455 g/mol.